The van der Waals surface area contributed by atoms with Gasteiger partial charge < -0.3 is 0 Å². The predicted octanol–water partition coefficient (Wildman–Crippen LogP) is 2.59. The Bertz CT molecular complexity index is 648. The van der Waals surface area contributed by atoms with E-state index in [9.17, 15) is 4.79 Å². The monoisotopic (exact) mass is 304 g/mol. The molecule has 0 radical (unpaired) electrons. The summed E-state index contributed by atoms with van der Waals surface area (Å²) in [5.74, 6) is 0.940. The van der Waals surface area contributed by atoms with Crippen molar-refractivity contribution in [2.75, 3.05) is 11.1 Å². The van der Waals surface area contributed by atoms with Crippen molar-refractivity contribution >= 4 is 34.1 Å². The van der Waals surface area contributed by atoms with E-state index in [-0.39, 0.29) is 5.91 Å². The number of amides is 1. The maximum atomic E-state index is 11.7. The molecule has 102 valence electrons. The third-order valence-corrected chi connectivity index (χ3v) is 4.09. The number of aryl methyl sites for hydroxylation is 1. The highest BCUT2D eigenvalue weighted by Gasteiger charge is 2.06. The standard InChI is InChI=1S/C13H12N4OS2/c1-9-16-17-13(20-9)15-12(18)8-19-7-11-4-2-3-10(5-11)6-14/h2-5H,7-8H2,1H3,(H,15,17,18). The van der Waals surface area contributed by atoms with Crippen LogP contribution in [-0.2, 0) is 10.5 Å². The van der Waals surface area contributed by atoms with E-state index in [1.807, 2.05) is 25.1 Å². The van der Waals surface area contributed by atoms with Crippen LogP contribution in [0.1, 0.15) is 16.1 Å². The number of nitrogens with one attached hydrogen (secondary N) is 1. The maximum absolute atomic E-state index is 11.7. The molecule has 1 N–H and O–H groups in total. The average molecular weight is 304 g/mol. The first kappa shape index (κ1) is 14.5. The van der Waals surface area contributed by atoms with E-state index in [2.05, 4.69) is 21.6 Å². The maximum Gasteiger partial charge on any atom is 0.236 e. The van der Waals surface area contributed by atoms with Crippen LogP contribution in [-0.4, -0.2) is 21.9 Å². The summed E-state index contributed by atoms with van der Waals surface area (Å²) in [5, 5.41) is 20.5. The van der Waals surface area contributed by atoms with Gasteiger partial charge in [0.25, 0.3) is 0 Å². The summed E-state index contributed by atoms with van der Waals surface area (Å²) in [4.78, 5) is 11.7. The number of benzene rings is 1. The van der Waals surface area contributed by atoms with Gasteiger partial charge in [-0.2, -0.15) is 5.26 Å². The fraction of sp³-hybridized carbons (Fsp3) is 0.231. The van der Waals surface area contributed by atoms with Crippen molar-refractivity contribution in [1.29, 1.82) is 5.26 Å². The SMILES string of the molecule is Cc1nnc(NC(=O)CSCc2cccc(C#N)c2)s1. The van der Waals surface area contributed by atoms with E-state index in [1.165, 1.54) is 23.1 Å². The van der Waals surface area contributed by atoms with Crippen molar-refractivity contribution < 1.29 is 4.79 Å². The van der Waals surface area contributed by atoms with Gasteiger partial charge in [0.15, 0.2) is 0 Å². The smallest absolute Gasteiger partial charge is 0.236 e. The zero-order valence-corrected chi connectivity index (χ0v) is 12.4. The lowest BCUT2D eigenvalue weighted by Crippen LogP contribution is -2.14. The van der Waals surface area contributed by atoms with Gasteiger partial charge in [0.1, 0.15) is 5.01 Å². The van der Waals surface area contributed by atoms with Crippen LogP contribution < -0.4 is 5.32 Å². The second kappa shape index (κ2) is 7.03. The lowest BCUT2D eigenvalue weighted by atomic mass is 10.2. The molecule has 0 aliphatic rings. The Kier molecular flexibility index (Phi) is 5.09. The first-order chi connectivity index (χ1) is 9.67. The first-order valence-corrected chi connectivity index (χ1v) is 7.81. The number of thioether (sulfide) groups is 1. The minimum Gasteiger partial charge on any atom is -0.300 e. The molecule has 2 rings (SSSR count). The number of nitriles is 1. The number of carbonyl (C=O) groups excluding carboxylic acids is 1. The van der Waals surface area contributed by atoms with E-state index < -0.39 is 0 Å². The molecule has 0 unspecified atom stereocenters. The lowest BCUT2D eigenvalue weighted by molar-refractivity contribution is -0.113. The fourth-order valence-electron chi connectivity index (χ4n) is 1.49. The zero-order valence-electron chi connectivity index (χ0n) is 10.8. The highest BCUT2D eigenvalue weighted by atomic mass is 32.2. The molecule has 1 heterocycles. The molecular formula is C13H12N4OS2. The van der Waals surface area contributed by atoms with E-state index in [4.69, 9.17) is 5.26 Å². The minimum atomic E-state index is -0.0948. The summed E-state index contributed by atoms with van der Waals surface area (Å²) in [6.45, 7) is 1.84. The topological polar surface area (TPSA) is 78.7 Å². The van der Waals surface area contributed by atoms with Gasteiger partial charge in [-0.1, -0.05) is 23.5 Å². The van der Waals surface area contributed by atoms with E-state index in [0.29, 0.717) is 22.2 Å². The molecular weight excluding hydrogens is 292 g/mol. The summed E-state index contributed by atoms with van der Waals surface area (Å²) in [6, 6.07) is 9.48. The Morgan fingerprint density at radius 3 is 3.05 bits per heavy atom. The van der Waals surface area contributed by atoms with Gasteiger partial charge in [-0.15, -0.1) is 22.0 Å². The lowest BCUT2D eigenvalue weighted by Gasteiger charge is -2.02. The second-order valence-corrected chi connectivity index (χ2v) is 6.15. The molecule has 20 heavy (non-hydrogen) atoms. The number of nitrogens with zero attached hydrogens (tertiary/aromatic N) is 3. The molecule has 0 saturated carbocycles. The summed E-state index contributed by atoms with van der Waals surface area (Å²) in [7, 11) is 0. The largest absolute Gasteiger partial charge is 0.300 e. The Morgan fingerprint density at radius 1 is 1.50 bits per heavy atom. The number of hydrogen-bond acceptors (Lipinski definition) is 6. The number of hydrogen-bond donors (Lipinski definition) is 1. The molecule has 0 saturated heterocycles. The molecule has 0 bridgehead atoms. The van der Waals surface area contributed by atoms with E-state index >= 15 is 0 Å². The number of anilines is 1. The van der Waals surface area contributed by atoms with Gasteiger partial charge in [0.2, 0.25) is 11.0 Å². The quantitative estimate of drug-likeness (QED) is 0.918. The highest BCUT2D eigenvalue weighted by molar-refractivity contribution is 7.99. The van der Waals surface area contributed by atoms with Gasteiger partial charge in [0, 0.05) is 5.75 Å². The normalized spacial score (nSPS) is 10.0. The van der Waals surface area contributed by atoms with Crippen LogP contribution in [0.15, 0.2) is 24.3 Å². The van der Waals surface area contributed by atoms with Crippen molar-refractivity contribution in [2.24, 2.45) is 0 Å². The highest BCUT2D eigenvalue weighted by Crippen LogP contribution is 2.16. The van der Waals surface area contributed by atoms with Crippen molar-refractivity contribution in [2.45, 2.75) is 12.7 Å². The Balaban J connectivity index is 1.78. The van der Waals surface area contributed by atoms with Crippen LogP contribution in [0.4, 0.5) is 5.13 Å². The molecule has 7 heteroatoms. The molecule has 0 aliphatic carbocycles. The third-order valence-electron chi connectivity index (χ3n) is 2.33. The summed E-state index contributed by atoms with van der Waals surface area (Å²) in [5.41, 5.74) is 1.67. The van der Waals surface area contributed by atoms with Crippen LogP contribution >= 0.6 is 23.1 Å². The second-order valence-electron chi connectivity index (χ2n) is 3.98. The first-order valence-electron chi connectivity index (χ1n) is 5.84. The average Bonchev–Trinajstić information content (AvgIpc) is 2.84. The molecule has 1 amide bonds. The van der Waals surface area contributed by atoms with Gasteiger partial charge >= 0.3 is 0 Å². The van der Waals surface area contributed by atoms with Crippen LogP contribution in [0.3, 0.4) is 0 Å². The molecule has 0 fully saturated rings. The molecule has 0 aliphatic heterocycles. The van der Waals surface area contributed by atoms with Crippen LogP contribution in [0.5, 0.6) is 0 Å². The Hall–Kier alpha value is -1.91. The van der Waals surface area contributed by atoms with Gasteiger partial charge in [-0.05, 0) is 24.6 Å². The van der Waals surface area contributed by atoms with Crippen molar-refractivity contribution in [3.63, 3.8) is 0 Å². The van der Waals surface area contributed by atoms with Gasteiger partial charge in [-0.25, -0.2) is 0 Å². The number of rotatable bonds is 5. The van der Waals surface area contributed by atoms with Gasteiger partial charge in [0.05, 0.1) is 17.4 Å². The third kappa shape index (κ3) is 4.33. The number of aromatic nitrogens is 2. The minimum absolute atomic E-state index is 0.0948. The molecule has 2 aromatic rings. The van der Waals surface area contributed by atoms with Crippen LogP contribution in [0, 0.1) is 18.3 Å². The van der Waals surface area contributed by atoms with E-state index in [0.717, 1.165) is 10.6 Å². The summed E-state index contributed by atoms with van der Waals surface area (Å²) in [6.07, 6.45) is 0. The van der Waals surface area contributed by atoms with Crippen molar-refractivity contribution in [1.82, 2.24) is 10.2 Å². The molecule has 1 aromatic carbocycles. The van der Waals surface area contributed by atoms with Gasteiger partial charge in [-0.3, -0.25) is 10.1 Å². The zero-order chi connectivity index (χ0) is 14.4. The van der Waals surface area contributed by atoms with E-state index in [1.54, 1.807) is 6.07 Å². The Labute approximate surface area is 125 Å². The molecule has 0 atom stereocenters. The van der Waals surface area contributed by atoms with Crippen LogP contribution in [0.2, 0.25) is 0 Å². The van der Waals surface area contributed by atoms with Crippen molar-refractivity contribution in [3.8, 4) is 6.07 Å². The Morgan fingerprint density at radius 2 is 2.35 bits per heavy atom. The number of carbonyl (C=O) groups is 1. The van der Waals surface area contributed by atoms with Crippen molar-refractivity contribution in [3.05, 3.63) is 40.4 Å². The molecule has 1 aromatic heterocycles. The molecule has 5 nitrogen and oxygen atoms in total. The molecule has 0 spiro atoms. The predicted molar refractivity (Wildman–Crippen MR) is 80.6 cm³/mol. The summed E-state index contributed by atoms with van der Waals surface area (Å²) >= 11 is 2.85. The fourth-order valence-corrected chi connectivity index (χ4v) is 2.88. The van der Waals surface area contributed by atoms with Crippen LogP contribution in [0.25, 0.3) is 0 Å². The summed E-state index contributed by atoms with van der Waals surface area (Å²) < 4.78 is 0.